The Morgan fingerprint density at radius 2 is 1.29 bits per heavy atom. The Morgan fingerprint density at radius 1 is 0.706 bits per heavy atom. The maximum absolute atomic E-state index is 10.5. The summed E-state index contributed by atoms with van der Waals surface area (Å²) in [5.41, 5.74) is 8.14. The Hall–Kier alpha value is -1.21. The Balaban J connectivity index is 1.79. The van der Waals surface area contributed by atoms with E-state index < -0.39 is 74.6 Å². The van der Waals surface area contributed by atoms with Gasteiger partial charge in [-0.2, -0.15) is 0 Å². The highest BCUT2D eigenvalue weighted by Gasteiger charge is 2.50. The summed E-state index contributed by atoms with van der Waals surface area (Å²) in [5.74, 6) is 0. The summed E-state index contributed by atoms with van der Waals surface area (Å²) in [6.07, 6.45) is -15.1. The van der Waals surface area contributed by atoms with Gasteiger partial charge in [0.05, 0.1) is 46.2 Å². The van der Waals surface area contributed by atoms with Gasteiger partial charge in [0.15, 0.2) is 12.6 Å². The molecule has 2 aliphatic heterocycles. The lowest BCUT2D eigenvalue weighted by atomic mass is 9.97. The number of aliphatic hydroxyl groups is 7. The van der Waals surface area contributed by atoms with Crippen molar-refractivity contribution in [1.29, 1.82) is 0 Å². The quantitative estimate of drug-likeness (QED) is 0.0521. The van der Waals surface area contributed by atoms with E-state index in [0.717, 1.165) is 0 Å². The predicted octanol–water partition coefficient (Wildman–Crippen LogP) is -4.03. The van der Waals surface area contributed by atoms with Gasteiger partial charge in [0, 0.05) is 11.5 Å². The van der Waals surface area contributed by atoms with Gasteiger partial charge in [0.2, 0.25) is 0 Å². The van der Waals surface area contributed by atoms with Crippen LogP contribution in [0.4, 0.5) is 0 Å². The first kappa shape index (κ1) is 29.0. The van der Waals surface area contributed by atoms with Gasteiger partial charge in [0.1, 0.15) is 48.8 Å². The van der Waals surface area contributed by atoms with Crippen molar-refractivity contribution in [1.82, 2.24) is 0 Å². The molecule has 0 saturated carbocycles. The molecule has 16 nitrogen and oxygen atoms in total. The fourth-order valence-corrected chi connectivity index (χ4v) is 3.39. The molecule has 34 heavy (non-hydrogen) atoms. The number of nitrogens with zero attached hydrogens (tertiary/aromatic N) is 3. The van der Waals surface area contributed by atoms with Crippen LogP contribution in [0.1, 0.15) is 0 Å². The normalized spacial score (nSPS) is 38.4. The molecule has 0 aromatic heterocycles. The van der Waals surface area contributed by atoms with Gasteiger partial charge >= 0.3 is 0 Å². The van der Waals surface area contributed by atoms with Crippen LogP contribution in [0.2, 0.25) is 0 Å². The minimum Gasteiger partial charge on any atom is -0.394 e. The van der Waals surface area contributed by atoms with Gasteiger partial charge in [-0.1, -0.05) is 5.11 Å². The molecule has 2 rings (SSSR count). The summed E-state index contributed by atoms with van der Waals surface area (Å²) in [6.45, 7) is -0.266. The van der Waals surface area contributed by atoms with Crippen molar-refractivity contribution in [3.63, 3.8) is 0 Å². The number of ether oxygens (including phenoxy) is 6. The molecule has 0 aromatic carbocycles. The SMILES string of the molecule is [N-]=[N+]=NCCOCCOCCO[C@@H]1O[C@H](CO)[C@@H](O[C@@H]2O[C@H](CO)[C@H](O)[C@H](O)[C@@H]2O)[C@H](O)[C@@H]1O. The maximum Gasteiger partial charge on any atom is 0.187 e. The van der Waals surface area contributed by atoms with Crippen molar-refractivity contribution < 1.29 is 64.2 Å². The van der Waals surface area contributed by atoms with Crippen LogP contribution in [0.25, 0.3) is 10.4 Å². The van der Waals surface area contributed by atoms with E-state index in [1.807, 2.05) is 0 Å². The van der Waals surface area contributed by atoms with Crippen molar-refractivity contribution in [3.8, 4) is 0 Å². The maximum atomic E-state index is 10.5. The minimum atomic E-state index is -1.74. The number of hydrogen-bond acceptors (Lipinski definition) is 14. The third-order valence-electron chi connectivity index (χ3n) is 5.24. The average Bonchev–Trinajstić information content (AvgIpc) is 2.84. The molecular weight excluding hydrogens is 466 g/mol. The second-order valence-corrected chi connectivity index (χ2v) is 7.55. The van der Waals surface area contributed by atoms with E-state index in [1.54, 1.807) is 0 Å². The van der Waals surface area contributed by atoms with Crippen molar-refractivity contribution in [3.05, 3.63) is 10.4 Å². The molecule has 0 radical (unpaired) electrons. The van der Waals surface area contributed by atoms with Crippen LogP contribution >= 0.6 is 0 Å². The lowest BCUT2D eigenvalue weighted by molar-refractivity contribution is -0.359. The molecule has 0 unspecified atom stereocenters. The standard InChI is InChI=1S/C18H33N3O13/c19-21-20-1-2-29-3-4-30-5-6-31-17-15(28)13(26)16(10(8-23)33-17)34-18-14(27)12(25)11(24)9(7-22)32-18/h9-18,22-28H,1-8H2/t9-,10-,11+,12+,13-,14+,15+,16-,17-,18+/m1/s1. The molecule has 0 amide bonds. The average molecular weight is 499 g/mol. The summed E-state index contributed by atoms with van der Waals surface area (Å²) in [7, 11) is 0. The lowest BCUT2D eigenvalue weighted by Crippen LogP contribution is -2.64. The molecule has 2 heterocycles. The number of rotatable bonds is 14. The lowest BCUT2D eigenvalue weighted by Gasteiger charge is -2.45. The topological polar surface area (TPSA) is 246 Å². The minimum absolute atomic E-state index is 0.0243. The molecule has 0 aromatic rings. The van der Waals surface area contributed by atoms with Crippen molar-refractivity contribution in [2.75, 3.05) is 52.8 Å². The number of hydrogen-bond donors (Lipinski definition) is 7. The molecule has 16 heteroatoms. The Labute approximate surface area is 194 Å². The second-order valence-electron chi connectivity index (χ2n) is 7.55. The van der Waals surface area contributed by atoms with E-state index >= 15 is 0 Å². The highest BCUT2D eigenvalue weighted by atomic mass is 16.7. The highest BCUT2D eigenvalue weighted by Crippen LogP contribution is 2.29. The highest BCUT2D eigenvalue weighted by molar-refractivity contribution is 4.94. The summed E-state index contributed by atoms with van der Waals surface area (Å²) < 4.78 is 32.0. The van der Waals surface area contributed by atoms with Gasteiger partial charge in [-0.25, -0.2) is 0 Å². The van der Waals surface area contributed by atoms with Gasteiger partial charge in [-0.15, -0.1) is 0 Å². The monoisotopic (exact) mass is 499 g/mol. The fraction of sp³-hybridized carbons (Fsp3) is 1.00. The Bertz CT molecular complexity index is 624. The zero-order valence-electron chi connectivity index (χ0n) is 18.4. The van der Waals surface area contributed by atoms with Crippen LogP contribution in [0, 0.1) is 0 Å². The molecule has 10 atom stereocenters. The molecule has 2 saturated heterocycles. The van der Waals surface area contributed by atoms with Crippen LogP contribution < -0.4 is 0 Å². The second kappa shape index (κ2) is 15.0. The molecule has 7 N–H and O–H groups in total. The van der Waals surface area contributed by atoms with Gasteiger partial charge in [-0.05, 0) is 5.53 Å². The smallest absolute Gasteiger partial charge is 0.187 e. The molecular formula is C18H33N3O13. The molecule has 2 fully saturated rings. The third kappa shape index (κ3) is 7.91. The first-order chi connectivity index (χ1) is 16.3. The van der Waals surface area contributed by atoms with Crippen molar-refractivity contribution in [2.45, 2.75) is 61.4 Å². The van der Waals surface area contributed by atoms with Crippen LogP contribution in [-0.4, -0.2) is 150 Å². The first-order valence-electron chi connectivity index (χ1n) is 10.7. The molecule has 2 aliphatic rings. The van der Waals surface area contributed by atoms with E-state index in [0.29, 0.717) is 0 Å². The van der Waals surface area contributed by atoms with Gasteiger partial charge in [0.25, 0.3) is 0 Å². The fourth-order valence-electron chi connectivity index (χ4n) is 3.39. The summed E-state index contributed by atoms with van der Waals surface area (Å²) in [4.78, 5) is 2.59. The van der Waals surface area contributed by atoms with Crippen LogP contribution in [-0.2, 0) is 28.4 Å². The predicted molar refractivity (Wildman–Crippen MR) is 108 cm³/mol. The van der Waals surface area contributed by atoms with E-state index in [2.05, 4.69) is 10.0 Å². The molecule has 0 bridgehead atoms. The van der Waals surface area contributed by atoms with Crippen LogP contribution in [0.15, 0.2) is 5.11 Å². The first-order valence-corrected chi connectivity index (χ1v) is 10.7. The Kier molecular flexibility index (Phi) is 12.8. The molecule has 0 aliphatic carbocycles. The molecule has 0 spiro atoms. The van der Waals surface area contributed by atoms with Gasteiger partial charge in [-0.3, -0.25) is 0 Å². The van der Waals surface area contributed by atoms with E-state index in [-0.39, 0.29) is 39.6 Å². The van der Waals surface area contributed by atoms with Gasteiger partial charge < -0.3 is 64.2 Å². The number of aliphatic hydroxyl groups excluding tert-OH is 7. The van der Waals surface area contributed by atoms with Crippen LogP contribution in [0.3, 0.4) is 0 Å². The zero-order valence-corrected chi connectivity index (χ0v) is 18.4. The number of azide groups is 1. The Morgan fingerprint density at radius 3 is 1.94 bits per heavy atom. The summed E-state index contributed by atoms with van der Waals surface area (Å²) in [6, 6.07) is 0. The van der Waals surface area contributed by atoms with E-state index in [4.69, 9.17) is 34.0 Å². The van der Waals surface area contributed by atoms with Crippen molar-refractivity contribution >= 4 is 0 Å². The van der Waals surface area contributed by atoms with Crippen molar-refractivity contribution in [2.24, 2.45) is 5.11 Å². The summed E-state index contributed by atoms with van der Waals surface area (Å²) in [5, 5.41) is 73.0. The van der Waals surface area contributed by atoms with Crippen LogP contribution in [0.5, 0.6) is 0 Å². The van der Waals surface area contributed by atoms with E-state index in [1.165, 1.54) is 0 Å². The third-order valence-corrected chi connectivity index (χ3v) is 5.24. The largest absolute Gasteiger partial charge is 0.394 e. The summed E-state index contributed by atoms with van der Waals surface area (Å²) >= 11 is 0. The molecule has 198 valence electrons. The zero-order chi connectivity index (χ0) is 25.1. The van der Waals surface area contributed by atoms with E-state index in [9.17, 15) is 35.7 Å².